The van der Waals surface area contributed by atoms with Gasteiger partial charge < -0.3 is 10.2 Å². The molecule has 0 aromatic carbocycles. The van der Waals surface area contributed by atoms with E-state index in [1.807, 2.05) is 32.2 Å². The molecule has 2 rings (SSSR count). The highest BCUT2D eigenvalue weighted by Gasteiger charge is 2.47. The summed E-state index contributed by atoms with van der Waals surface area (Å²) in [5.41, 5.74) is -0.766. The normalized spacial score (nSPS) is 26.1. The second kappa shape index (κ2) is 6.48. The molecule has 0 radical (unpaired) electrons. The fraction of sp³-hybridized carbons (Fsp3) is 0.600. The van der Waals surface area contributed by atoms with E-state index in [1.165, 1.54) is 0 Å². The summed E-state index contributed by atoms with van der Waals surface area (Å²) in [5, 5.41) is 4.89. The Hall–Kier alpha value is -0.880. The Morgan fingerprint density at radius 2 is 2.14 bits per heavy atom. The molecule has 0 saturated carbocycles. The smallest absolute Gasteiger partial charge is 0.246 e. The molecular weight excluding hydrogens is 352 g/mol. The highest BCUT2D eigenvalue weighted by Crippen LogP contribution is 2.30. The van der Waals surface area contributed by atoms with Crippen molar-refractivity contribution >= 4 is 39.1 Å². The predicted molar refractivity (Wildman–Crippen MR) is 88.1 cm³/mol. The molecule has 2 atom stereocenters. The summed E-state index contributed by atoms with van der Waals surface area (Å²) in [6, 6.07) is 1.63. The second-order valence-electron chi connectivity index (χ2n) is 5.60. The molecule has 2 heterocycles. The minimum Gasteiger partial charge on any atom is -0.342 e. The van der Waals surface area contributed by atoms with E-state index in [2.05, 4.69) is 21.2 Å². The molecule has 4 nitrogen and oxygen atoms in total. The van der Waals surface area contributed by atoms with Gasteiger partial charge in [0.25, 0.3) is 0 Å². The standard InChI is InChI=1S/C15H21BrN2O2S/c1-4-6-12-13(19)18(8-11-7-10(16)9-21-11)15(3,5-2)14(20)17-12/h7,9,12H,4-6,8H2,1-3H3,(H,17,20). The van der Waals surface area contributed by atoms with Crippen molar-refractivity contribution in [1.29, 1.82) is 0 Å². The Morgan fingerprint density at radius 1 is 1.43 bits per heavy atom. The number of amides is 2. The molecule has 0 bridgehead atoms. The Bertz CT molecular complexity index is 546. The van der Waals surface area contributed by atoms with Gasteiger partial charge in [-0.15, -0.1) is 11.3 Å². The molecule has 0 aliphatic carbocycles. The van der Waals surface area contributed by atoms with Crippen LogP contribution < -0.4 is 5.32 Å². The zero-order chi connectivity index (χ0) is 15.6. The molecule has 1 saturated heterocycles. The minimum absolute atomic E-state index is 0.0327. The molecule has 1 fully saturated rings. The van der Waals surface area contributed by atoms with Crippen molar-refractivity contribution in [3.8, 4) is 0 Å². The van der Waals surface area contributed by atoms with Crippen LogP contribution in [0.15, 0.2) is 15.9 Å². The molecule has 0 spiro atoms. The van der Waals surface area contributed by atoms with E-state index in [9.17, 15) is 9.59 Å². The van der Waals surface area contributed by atoms with Gasteiger partial charge in [0.2, 0.25) is 11.8 Å². The van der Waals surface area contributed by atoms with Crippen LogP contribution >= 0.6 is 27.3 Å². The molecule has 1 aliphatic rings. The van der Waals surface area contributed by atoms with Crippen LogP contribution in [0.1, 0.15) is 44.9 Å². The van der Waals surface area contributed by atoms with Crippen molar-refractivity contribution in [2.75, 3.05) is 0 Å². The quantitative estimate of drug-likeness (QED) is 0.861. The summed E-state index contributed by atoms with van der Waals surface area (Å²) >= 11 is 5.03. The van der Waals surface area contributed by atoms with Crippen LogP contribution in [0.3, 0.4) is 0 Å². The van der Waals surface area contributed by atoms with Crippen LogP contribution in [0, 0.1) is 0 Å². The summed E-state index contributed by atoms with van der Waals surface area (Å²) in [7, 11) is 0. The lowest BCUT2D eigenvalue weighted by Gasteiger charge is -2.45. The average Bonchev–Trinajstić information content (AvgIpc) is 2.86. The molecule has 21 heavy (non-hydrogen) atoms. The first-order valence-electron chi connectivity index (χ1n) is 7.27. The van der Waals surface area contributed by atoms with Gasteiger partial charge in [-0.2, -0.15) is 0 Å². The first-order chi connectivity index (χ1) is 9.92. The zero-order valence-electron chi connectivity index (χ0n) is 12.6. The zero-order valence-corrected chi connectivity index (χ0v) is 15.0. The molecule has 1 N–H and O–H groups in total. The Labute approximate surface area is 138 Å². The van der Waals surface area contributed by atoms with Gasteiger partial charge in [0.1, 0.15) is 11.6 Å². The van der Waals surface area contributed by atoms with Gasteiger partial charge >= 0.3 is 0 Å². The van der Waals surface area contributed by atoms with Crippen LogP contribution in [0.2, 0.25) is 0 Å². The molecule has 116 valence electrons. The average molecular weight is 373 g/mol. The van der Waals surface area contributed by atoms with E-state index < -0.39 is 5.54 Å². The van der Waals surface area contributed by atoms with Gasteiger partial charge in [-0.25, -0.2) is 0 Å². The summed E-state index contributed by atoms with van der Waals surface area (Å²) < 4.78 is 1.01. The van der Waals surface area contributed by atoms with Gasteiger partial charge in [-0.1, -0.05) is 20.3 Å². The fourth-order valence-electron chi connectivity index (χ4n) is 2.61. The number of carbonyl (C=O) groups excluding carboxylic acids is 2. The Morgan fingerprint density at radius 3 is 2.67 bits per heavy atom. The summed E-state index contributed by atoms with van der Waals surface area (Å²) in [5.74, 6) is -0.0102. The topological polar surface area (TPSA) is 49.4 Å². The molecule has 2 unspecified atom stereocenters. The third kappa shape index (κ3) is 3.16. The maximum atomic E-state index is 12.8. The molecular formula is C15H21BrN2O2S. The highest BCUT2D eigenvalue weighted by atomic mass is 79.9. The number of hydrogen-bond donors (Lipinski definition) is 1. The number of piperazine rings is 1. The largest absolute Gasteiger partial charge is 0.342 e. The van der Waals surface area contributed by atoms with E-state index in [1.54, 1.807) is 16.2 Å². The van der Waals surface area contributed by atoms with Crippen molar-refractivity contribution in [2.24, 2.45) is 0 Å². The number of halogens is 1. The van der Waals surface area contributed by atoms with Crippen LogP contribution in [-0.2, 0) is 16.1 Å². The van der Waals surface area contributed by atoms with Gasteiger partial charge in [0.15, 0.2) is 0 Å². The highest BCUT2D eigenvalue weighted by molar-refractivity contribution is 9.10. The van der Waals surface area contributed by atoms with Crippen molar-refractivity contribution in [2.45, 2.75) is 58.2 Å². The van der Waals surface area contributed by atoms with E-state index in [4.69, 9.17) is 0 Å². The first-order valence-corrected chi connectivity index (χ1v) is 8.95. The summed E-state index contributed by atoms with van der Waals surface area (Å²) in [6.45, 7) is 6.32. The van der Waals surface area contributed by atoms with Crippen LogP contribution in [0.25, 0.3) is 0 Å². The van der Waals surface area contributed by atoms with Crippen molar-refractivity contribution in [3.63, 3.8) is 0 Å². The summed E-state index contributed by atoms with van der Waals surface area (Å²) in [6.07, 6.45) is 2.17. The lowest BCUT2D eigenvalue weighted by Crippen LogP contribution is -2.68. The van der Waals surface area contributed by atoms with E-state index in [0.717, 1.165) is 15.8 Å². The maximum Gasteiger partial charge on any atom is 0.246 e. The fourth-order valence-corrected chi connectivity index (χ4v) is 4.05. The molecule has 1 aromatic rings. The van der Waals surface area contributed by atoms with E-state index in [-0.39, 0.29) is 17.9 Å². The third-order valence-electron chi connectivity index (χ3n) is 4.16. The molecule has 1 aliphatic heterocycles. The van der Waals surface area contributed by atoms with Crippen molar-refractivity contribution in [3.05, 3.63) is 20.8 Å². The third-order valence-corrected chi connectivity index (χ3v) is 5.84. The lowest BCUT2D eigenvalue weighted by molar-refractivity contribution is -0.157. The number of carbonyl (C=O) groups is 2. The number of nitrogens with zero attached hydrogens (tertiary/aromatic N) is 1. The lowest BCUT2D eigenvalue weighted by atomic mass is 9.89. The molecule has 6 heteroatoms. The predicted octanol–water partition coefficient (Wildman–Crippen LogP) is 3.31. The van der Waals surface area contributed by atoms with E-state index >= 15 is 0 Å². The number of nitrogens with one attached hydrogen (secondary N) is 1. The van der Waals surface area contributed by atoms with Gasteiger partial charge in [0.05, 0.1) is 6.54 Å². The molecule has 1 aromatic heterocycles. The minimum atomic E-state index is -0.766. The monoisotopic (exact) mass is 372 g/mol. The van der Waals surface area contributed by atoms with Crippen LogP contribution in [0.5, 0.6) is 0 Å². The molecule has 2 amide bonds. The van der Waals surface area contributed by atoms with Crippen molar-refractivity contribution in [1.82, 2.24) is 10.2 Å². The number of hydrogen-bond acceptors (Lipinski definition) is 3. The Balaban J connectivity index is 2.30. The van der Waals surface area contributed by atoms with Gasteiger partial charge in [-0.05, 0) is 41.8 Å². The van der Waals surface area contributed by atoms with Crippen molar-refractivity contribution < 1.29 is 9.59 Å². The SMILES string of the molecule is CCCC1NC(=O)C(C)(CC)N(Cc2cc(Br)cs2)C1=O. The van der Waals surface area contributed by atoms with Crippen LogP contribution in [-0.4, -0.2) is 28.3 Å². The van der Waals surface area contributed by atoms with Gasteiger partial charge in [-0.3, -0.25) is 9.59 Å². The van der Waals surface area contributed by atoms with Gasteiger partial charge in [0, 0.05) is 14.7 Å². The van der Waals surface area contributed by atoms with E-state index in [0.29, 0.717) is 19.4 Å². The maximum absolute atomic E-state index is 12.8. The first kappa shape index (κ1) is 16.5. The van der Waals surface area contributed by atoms with Crippen LogP contribution in [0.4, 0.5) is 0 Å². The summed E-state index contributed by atoms with van der Waals surface area (Å²) in [4.78, 5) is 28.1. The number of thiophene rings is 1. The number of rotatable bonds is 5. The second-order valence-corrected chi connectivity index (χ2v) is 7.51. The Kier molecular flexibility index (Phi) is 5.09.